The van der Waals surface area contributed by atoms with E-state index in [-0.39, 0.29) is 5.91 Å². The van der Waals surface area contributed by atoms with Crippen molar-refractivity contribution in [2.45, 2.75) is 38.9 Å². The van der Waals surface area contributed by atoms with Crippen LogP contribution in [-0.4, -0.2) is 48.2 Å². The minimum Gasteiger partial charge on any atom is -0.398 e. The number of carbonyl (C=O) groups excluding carboxylic acids is 1. The molecule has 6 heteroatoms. The molecule has 1 aromatic heterocycles. The SMILES string of the molecule is CN(C)C(=O)c1ccnc(B2OC(C)(C)C(C)(C)O2)c1. The Morgan fingerprint density at radius 3 is 2.25 bits per heavy atom. The maximum Gasteiger partial charge on any atom is 0.514 e. The van der Waals surface area contributed by atoms with Gasteiger partial charge in [0.2, 0.25) is 0 Å². The molecule has 0 spiro atoms. The molecule has 108 valence electrons. The lowest BCUT2D eigenvalue weighted by Gasteiger charge is -2.32. The molecule has 0 radical (unpaired) electrons. The van der Waals surface area contributed by atoms with Gasteiger partial charge in [0.25, 0.3) is 5.91 Å². The van der Waals surface area contributed by atoms with Gasteiger partial charge < -0.3 is 14.2 Å². The molecule has 2 rings (SSSR count). The summed E-state index contributed by atoms with van der Waals surface area (Å²) in [5.41, 5.74) is 0.369. The highest BCUT2D eigenvalue weighted by molar-refractivity contribution is 6.61. The van der Waals surface area contributed by atoms with E-state index in [1.807, 2.05) is 27.7 Å². The van der Waals surface area contributed by atoms with Crippen molar-refractivity contribution in [1.82, 2.24) is 9.88 Å². The van der Waals surface area contributed by atoms with E-state index >= 15 is 0 Å². The minimum absolute atomic E-state index is 0.0647. The first-order valence-corrected chi connectivity index (χ1v) is 6.67. The molecule has 5 nitrogen and oxygen atoms in total. The molecule has 0 unspecified atom stereocenters. The molecule has 20 heavy (non-hydrogen) atoms. The van der Waals surface area contributed by atoms with E-state index in [2.05, 4.69) is 4.98 Å². The number of aromatic nitrogens is 1. The fourth-order valence-electron chi connectivity index (χ4n) is 1.93. The van der Waals surface area contributed by atoms with Crippen LogP contribution >= 0.6 is 0 Å². The number of nitrogens with zero attached hydrogens (tertiary/aromatic N) is 2. The number of hydrogen-bond acceptors (Lipinski definition) is 4. The predicted molar refractivity (Wildman–Crippen MR) is 78.0 cm³/mol. The summed E-state index contributed by atoms with van der Waals surface area (Å²) < 4.78 is 11.9. The molecule has 1 aliphatic rings. The Bertz CT molecular complexity index is 513. The molecule has 1 amide bonds. The Balaban J connectivity index is 2.28. The molecule has 0 atom stereocenters. The second kappa shape index (κ2) is 4.86. The van der Waals surface area contributed by atoms with E-state index in [1.54, 1.807) is 32.4 Å². The first-order chi connectivity index (χ1) is 9.14. The quantitative estimate of drug-likeness (QED) is 0.758. The third kappa shape index (κ3) is 2.58. The van der Waals surface area contributed by atoms with E-state index in [1.165, 1.54) is 4.90 Å². The Kier molecular flexibility index (Phi) is 3.65. The summed E-state index contributed by atoms with van der Waals surface area (Å²) >= 11 is 0. The average Bonchev–Trinajstić information content (AvgIpc) is 2.57. The number of carbonyl (C=O) groups is 1. The summed E-state index contributed by atoms with van der Waals surface area (Å²) in [4.78, 5) is 17.8. The second-order valence-corrected chi connectivity index (χ2v) is 6.26. The van der Waals surface area contributed by atoms with E-state index in [9.17, 15) is 4.79 Å². The van der Waals surface area contributed by atoms with E-state index < -0.39 is 18.3 Å². The van der Waals surface area contributed by atoms with E-state index in [0.29, 0.717) is 11.2 Å². The van der Waals surface area contributed by atoms with Gasteiger partial charge in [0.15, 0.2) is 0 Å². The summed E-state index contributed by atoms with van der Waals surface area (Å²) in [6.45, 7) is 7.95. The maximum atomic E-state index is 12.0. The van der Waals surface area contributed by atoms with Gasteiger partial charge in [-0.1, -0.05) is 0 Å². The smallest absolute Gasteiger partial charge is 0.398 e. The molecule has 1 aromatic rings. The zero-order valence-electron chi connectivity index (χ0n) is 12.9. The Morgan fingerprint density at radius 1 is 1.20 bits per heavy atom. The highest BCUT2D eigenvalue weighted by Crippen LogP contribution is 2.36. The first-order valence-electron chi connectivity index (χ1n) is 6.67. The van der Waals surface area contributed by atoms with Crippen molar-refractivity contribution in [3.63, 3.8) is 0 Å². The van der Waals surface area contributed by atoms with Crippen LogP contribution in [0.3, 0.4) is 0 Å². The number of rotatable bonds is 2. The summed E-state index contributed by atoms with van der Waals surface area (Å²) in [5, 5.41) is 0. The van der Waals surface area contributed by atoms with Crippen molar-refractivity contribution in [1.29, 1.82) is 0 Å². The lowest BCUT2D eigenvalue weighted by Crippen LogP contribution is -2.41. The van der Waals surface area contributed by atoms with Crippen LogP contribution in [0.2, 0.25) is 0 Å². The van der Waals surface area contributed by atoms with Gasteiger partial charge in [-0.05, 0) is 39.8 Å². The number of pyridine rings is 1. The average molecular weight is 276 g/mol. The Morgan fingerprint density at radius 2 is 1.75 bits per heavy atom. The van der Waals surface area contributed by atoms with Crippen molar-refractivity contribution in [2.75, 3.05) is 14.1 Å². The van der Waals surface area contributed by atoms with Crippen molar-refractivity contribution in [2.24, 2.45) is 0 Å². The summed E-state index contributed by atoms with van der Waals surface area (Å²) in [5.74, 6) is -0.0647. The van der Waals surface area contributed by atoms with Crippen LogP contribution in [0.15, 0.2) is 18.3 Å². The molecule has 0 N–H and O–H groups in total. The fraction of sp³-hybridized carbons (Fsp3) is 0.571. The topological polar surface area (TPSA) is 51.7 Å². The molecule has 0 saturated carbocycles. The van der Waals surface area contributed by atoms with Crippen molar-refractivity contribution < 1.29 is 14.1 Å². The van der Waals surface area contributed by atoms with Crippen LogP contribution in [0, 0.1) is 0 Å². The van der Waals surface area contributed by atoms with Gasteiger partial charge in [-0.2, -0.15) is 0 Å². The molecule has 2 heterocycles. The first kappa shape index (κ1) is 15.0. The van der Waals surface area contributed by atoms with Crippen LogP contribution in [-0.2, 0) is 9.31 Å². The van der Waals surface area contributed by atoms with Crippen LogP contribution in [0.5, 0.6) is 0 Å². The normalized spacial score (nSPS) is 20.0. The van der Waals surface area contributed by atoms with Crippen LogP contribution in [0.1, 0.15) is 38.1 Å². The lowest BCUT2D eigenvalue weighted by atomic mass is 9.83. The van der Waals surface area contributed by atoms with E-state index in [4.69, 9.17) is 9.31 Å². The standard InChI is InChI=1S/C14H21BN2O3/c1-13(2)14(3,4)20-15(19-13)11-9-10(7-8-16-11)12(18)17(5)6/h7-9H,1-6H3. The highest BCUT2D eigenvalue weighted by Gasteiger charge is 2.52. The van der Waals surface area contributed by atoms with Gasteiger partial charge in [-0.25, -0.2) is 0 Å². The minimum atomic E-state index is -0.546. The van der Waals surface area contributed by atoms with Crippen molar-refractivity contribution in [3.8, 4) is 0 Å². The maximum absolute atomic E-state index is 12.0. The van der Waals surface area contributed by atoms with Gasteiger partial charge >= 0.3 is 7.12 Å². The van der Waals surface area contributed by atoms with Gasteiger partial charge in [0.1, 0.15) is 0 Å². The Labute approximate surface area is 120 Å². The third-order valence-electron chi connectivity index (χ3n) is 3.93. The van der Waals surface area contributed by atoms with Gasteiger partial charge in [0.05, 0.1) is 16.8 Å². The number of hydrogen-bond donors (Lipinski definition) is 0. The summed E-state index contributed by atoms with van der Waals surface area (Å²) in [6, 6.07) is 3.42. The molecule has 0 aromatic carbocycles. The van der Waals surface area contributed by atoms with Crippen molar-refractivity contribution >= 4 is 18.6 Å². The second-order valence-electron chi connectivity index (χ2n) is 6.26. The highest BCUT2D eigenvalue weighted by atomic mass is 16.7. The molecule has 0 aliphatic carbocycles. The molecular weight excluding hydrogens is 255 g/mol. The zero-order valence-corrected chi connectivity index (χ0v) is 12.9. The van der Waals surface area contributed by atoms with Gasteiger partial charge in [0, 0.05) is 25.9 Å². The molecular formula is C14H21BN2O3. The molecule has 1 fully saturated rings. The molecule has 0 bridgehead atoms. The van der Waals surface area contributed by atoms with Gasteiger partial charge in [-0.3, -0.25) is 9.78 Å². The zero-order chi connectivity index (χ0) is 15.1. The lowest BCUT2D eigenvalue weighted by molar-refractivity contribution is 0.00578. The predicted octanol–water partition coefficient (Wildman–Crippen LogP) is 1.08. The van der Waals surface area contributed by atoms with E-state index in [0.717, 1.165) is 0 Å². The molecule has 1 aliphatic heterocycles. The van der Waals surface area contributed by atoms with Crippen LogP contribution in [0.4, 0.5) is 0 Å². The van der Waals surface area contributed by atoms with Crippen LogP contribution < -0.4 is 5.59 Å². The third-order valence-corrected chi connectivity index (χ3v) is 3.93. The molecule has 1 saturated heterocycles. The fourth-order valence-corrected chi connectivity index (χ4v) is 1.93. The monoisotopic (exact) mass is 276 g/mol. The summed E-state index contributed by atoms with van der Waals surface area (Å²) in [7, 11) is 2.89. The Hall–Kier alpha value is -1.40. The van der Waals surface area contributed by atoms with Crippen LogP contribution in [0.25, 0.3) is 0 Å². The summed E-state index contributed by atoms with van der Waals surface area (Å²) in [6.07, 6.45) is 1.61. The van der Waals surface area contributed by atoms with Crippen molar-refractivity contribution in [3.05, 3.63) is 23.9 Å². The number of amides is 1. The largest absolute Gasteiger partial charge is 0.514 e. The van der Waals surface area contributed by atoms with Gasteiger partial charge in [-0.15, -0.1) is 0 Å².